The second-order valence-corrected chi connectivity index (χ2v) is 6.97. The summed E-state index contributed by atoms with van der Waals surface area (Å²) in [6.45, 7) is 10.0. The third-order valence-corrected chi connectivity index (χ3v) is 5.02. The first-order valence-electron chi connectivity index (χ1n) is 8.94. The van der Waals surface area contributed by atoms with E-state index >= 15 is 0 Å². The Morgan fingerprint density at radius 3 is 2.60 bits per heavy atom. The van der Waals surface area contributed by atoms with Gasteiger partial charge in [0.2, 0.25) is 5.91 Å². The number of benzene rings is 1. The molecule has 0 N–H and O–H groups in total. The van der Waals surface area contributed by atoms with Gasteiger partial charge in [0.05, 0.1) is 17.2 Å². The molecule has 2 heterocycles. The molecular formula is C19H26N4O2. The van der Waals surface area contributed by atoms with Crippen molar-refractivity contribution in [2.75, 3.05) is 26.2 Å². The second-order valence-electron chi connectivity index (χ2n) is 6.97. The fourth-order valence-corrected chi connectivity index (χ4v) is 3.36. The van der Waals surface area contributed by atoms with Crippen LogP contribution < -0.4 is 5.56 Å². The summed E-state index contributed by atoms with van der Waals surface area (Å²) in [4.78, 5) is 33.7. The van der Waals surface area contributed by atoms with Gasteiger partial charge in [-0.15, -0.1) is 0 Å². The minimum atomic E-state index is -0.0777. The lowest BCUT2D eigenvalue weighted by molar-refractivity contribution is -0.133. The van der Waals surface area contributed by atoms with Gasteiger partial charge in [-0.05, 0) is 32.4 Å². The smallest absolute Gasteiger partial charge is 0.261 e. The molecule has 25 heavy (non-hydrogen) atoms. The van der Waals surface area contributed by atoms with Gasteiger partial charge in [-0.25, -0.2) is 4.98 Å². The molecule has 0 radical (unpaired) electrons. The van der Waals surface area contributed by atoms with Crippen molar-refractivity contribution in [3.8, 4) is 0 Å². The van der Waals surface area contributed by atoms with Gasteiger partial charge in [-0.2, -0.15) is 0 Å². The first-order valence-corrected chi connectivity index (χ1v) is 8.94. The van der Waals surface area contributed by atoms with Gasteiger partial charge in [0.25, 0.3) is 5.56 Å². The standard InChI is InChI=1S/C19H26N4O2/c1-14(2)21-9-11-22(12-10-21)17(24)7-8-23-13-20-18-15(3)5-4-6-16(18)19(23)25/h4-6,13-14H,7-12H2,1-3H3. The quantitative estimate of drug-likeness (QED) is 0.848. The number of carbonyl (C=O) groups excluding carboxylic acids is 1. The van der Waals surface area contributed by atoms with Crippen LogP contribution in [0.3, 0.4) is 0 Å². The molecule has 0 aliphatic carbocycles. The highest BCUT2D eigenvalue weighted by atomic mass is 16.2. The van der Waals surface area contributed by atoms with E-state index in [4.69, 9.17) is 0 Å². The van der Waals surface area contributed by atoms with Gasteiger partial charge in [0, 0.05) is 45.2 Å². The molecule has 0 bridgehead atoms. The summed E-state index contributed by atoms with van der Waals surface area (Å²) < 4.78 is 1.55. The topological polar surface area (TPSA) is 58.4 Å². The van der Waals surface area contributed by atoms with E-state index in [1.54, 1.807) is 17.0 Å². The van der Waals surface area contributed by atoms with Crippen LogP contribution in [0, 0.1) is 6.92 Å². The van der Waals surface area contributed by atoms with Crippen molar-refractivity contribution in [3.63, 3.8) is 0 Å². The van der Waals surface area contributed by atoms with E-state index in [0.29, 0.717) is 24.4 Å². The number of aryl methyl sites for hydroxylation is 2. The number of para-hydroxylation sites is 1. The van der Waals surface area contributed by atoms with Crippen LogP contribution in [-0.2, 0) is 11.3 Å². The van der Waals surface area contributed by atoms with Crippen LogP contribution in [0.1, 0.15) is 25.8 Å². The lowest BCUT2D eigenvalue weighted by Gasteiger charge is -2.37. The highest BCUT2D eigenvalue weighted by Gasteiger charge is 2.22. The van der Waals surface area contributed by atoms with Crippen LogP contribution in [0.5, 0.6) is 0 Å². The molecule has 134 valence electrons. The lowest BCUT2D eigenvalue weighted by atomic mass is 10.1. The molecule has 1 fully saturated rings. The van der Waals surface area contributed by atoms with Crippen molar-refractivity contribution in [2.45, 2.75) is 39.8 Å². The average molecular weight is 342 g/mol. The van der Waals surface area contributed by atoms with E-state index in [0.717, 1.165) is 37.3 Å². The van der Waals surface area contributed by atoms with Crippen molar-refractivity contribution in [1.82, 2.24) is 19.4 Å². The van der Waals surface area contributed by atoms with E-state index in [-0.39, 0.29) is 11.5 Å². The molecule has 6 nitrogen and oxygen atoms in total. The molecule has 1 aromatic heterocycles. The highest BCUT2D eigenvalue weighted by molar-refractivity contribution is 5.80. The number of carbonyl (C=O) groups is 1. The predicted octanol–water partition coefficient (Wildman–Crippen LogP) is 1.65. The number of hydrogen-bond donors (Lipinski definition) is 0. The number of nitrogens with zero attached hydrogens (tertiary/aromatic N) is 4. The molecule has 3 rings (SSSR count). The maximum atomic E-state index is 12.6. The summed E-state index contributed by atoms with van der Waals surface area (Å²) in [6.07, 6.45) is 1.89. The summed E-state index contributed by atoms with van der Waals surface area (Å²) in [7, 11) is 0. The van der Waals surface area contributed by atoms with Gasteiger partial charge >= 0.3 is 0 Å². The van der Waals surface area contributed by atoms with Crippen LogP contribution >= 0.6 is 0 Å². The zero-order chi connectivity index (χ0) is 18.0. The predicted molar refractivity (Wildman–Crippen MR) is 98.6 cm³/mol. The number of rotatable bonds is 4. The Morgan fingerprint density at radius 2 is 1.92 bits per heavy atom. The van der Waals surface area contributed by atoms with Crippen LogP contribution in [-0.4, -0.2) is 57.5 Å². The fourth-order valence-electron chi connectivity index (χ4n) is 3.36. The van der Waals surface area contributed by atoms with Crippen LogP contribution in [0.15, 0.2) is 29.3 Å². The summed E-state index contributed by atoms with van der Waals surface area (Å²) >= 11 is 0. The third kappa shape index (κ3) is 3.74. The van der Waals surface area contributed by atoms with Crippen molar-refractivity contribution in [2.24, 2.45) is 0 Å². The minimum absolute atomic E-state index is 0.0777. The van der Waals surface area contributed by atoms with Crippen molar-refractivity contribution < 1.29 is 4.79 Å². The molecule has 1 aliphatic heterocycles. The van der Waals surface area contributed by atoms with Gasteiger partial charge < -0.3 is 4.90 Å². The first kappa shape index (κ1) is 17.6. The normalized spacial score (nSPS) is 15.9. The highest BCUT2D eigenvalue weighted by Crippen LogP contribution is 2.12. The largest absolute Gasteiger partial charge is 0.340 e. The summed E-state index contributed by atoms with van der Waals surface area (Å²) in [5, 5.41) is 0.612. The summed E-state index contributed by atoms with van der Waals surface area (Å²) in [5.41, 5.74) is 1.65. The molecule has 0 unspecified atom stereocenters. The molecule has 6 heteroatoms. The van der Waals surface area contributed by atoms with Gasteiger partial charge in [-0.1, -0.05) is 12.1 Å². The number of fused-ring (bicyclic) bond motifs is 1. The van der Waals surface area contributed by atoms with Crippen LogP contribution in [0.2, 0.25) is 0 Å². The minimum Gasteiger partial charge on any atom is -0.340 e. The zero-order valence-electron chi connectivity index (χ0n) is 15.2. The number of aromatic nitrogens is 2. The van der Waals surface area contributed by atoms with Gasteiger partial charge in [-0.3, -0.25) is 19.1 Å². The molecule has 0 saturated carbocycles. The molecule has 1 aromatic carbocycles. The monoisotopic (exact) mass is 342 g/mol. The molecule has 2 aromatic rings. The Labute approximate surface area is 148 Å². The molecule has 1 saturated heterocycles. The molecule has 0 atom stereocenters. The van der Waals surface area contributed by atoms with E-state index < -0.39 is 0 Å². The van der Waals surface area contributed by atoms with E-state index in [9.17, 15) is 9.59 Å². The van der Waals surface area contributed by atoms with E-state index in [1.807, 2.05) is 24.0 Å². The maximum absolute atomic E-state index is 12.6. The van der Waals surface area contributed by atoms with Gasteiger partial charge in [0.1, 0.15) is 0 Å². The maximum Gasteiger partial charge on any atom is 0.261 e. The fraction of sp³-hybridized carbons (Fsp3) is 0.526. The molecule has 0 spiro atoms. The Morgan fingerprint density at radius 1 is 1.20 bits per heavy atom. The van der Waals surface area contributed by atoms with Crippen molar-refractivity contribution >= 4 is 16.8 Å². The Kier molecular flexibility index (Phi) is 5.18. The Bertz CT molecular complexity index is 820. The third-order valence-electron chi connectivity index (χ3n) is 5.02. The second kappa shape index (κ2) is 7.35. The molecular weight excluding hydrogens is 316 g/mol. The number of hydrogen-bond acceptors (Lipinski definition) is 4. The van der Waals surface area contributed by atoms with Gasteiger partial charge in [0.15, 0.2) is 0 Å². The first-order chi connectivity index (χ1) is 12.0. The van der Waals surface area contributed by atoms with Crippen LogP contribution in [0.4, 0.5) is 0 Å². The number of amides is 1. The van der Waals surface area contributed by atoms with Crippen molar-refractivity contribution in [1.29, 1.82) is 0 Å². The number of piperazine rings is 1. The van der Waals surface area contributed by atoms with Crippen molar-refractivity contribution in [3.05, 3.63) is 40.4 Å². The summed E-state index contributed by atoms with van der Waals surface area (Å²) in [6, 6.07) is 6.12. The Balaban J connectivity index is 1.64. The molecule has 1 aliphatic rings. The zero-order valence-corrected chi connectivity index (χ0v) is 15.2. The SMILES string of the molecule is Cc1cccc2c(=O)n(CCC(=O)N3CCN(C(C)C)CC3)cnc12. The van der Waals surface area contributed by atoms with E-state index in [2.05, 4.69) is 23.7 Å². The Hall–Kier alpha value is -2.21. The summed E-state index contributed by atoms with van der Waals surface area (Å²) in [5.74, 6) is 0.111. The lowest BCUT2D eigenvalue weighted by Crippen LogP contribution is -2.50. The van der Waals surface area contributed by atoms with E-state index in [1.165, 1.54) is 0 Å². The van der Waals surface area contributed by atoms with Crippen LogP contribution in [0.25, 0.3) is 10.9 Å². The molecule has 1 amide bonds. The average Bonchev–Trinajstić information content (AvgIpc) is 2.61.